The van der Waals surface area contributed by atoms with Crippen LogP contribution in [0, 0.1) is 5.82 Å². The van der Waals surface area contributed by atoms with Gasteiger partial charge in [0.1, 0.15) is 21.7 Å². The fourth-order valence-corrected chi connectivity index (χ4v) is 2.51. The Hall–Kier alpha value is -1.48. The zero-order chi connectivity index (χ0) is 16.2. The largest absolute Gasteiger partial charge is 0.480 e. The van der Waals surface area contributed by atoms with Crippen LogP contribution in [0.5, 0.6) is 0 Å². The number of aliphatic carboxylic acids is 1. The van der Waals surface area contributed by atoms with E-state index in [1.165, 1.54) is 12.1 Å². The lowest BCUT2D eigenvalue weighted by Crippen LogP contribution is -2.41. The van der Waals surface area contributed by atoms with E-state index in [-0.39, 0.29) is 22.2 Å². The average Bonchev–Trinajstić information content (AvgIpc) is 2.36. The molecule has 0 aromatic heterocycles. The molecule has 6 nitrogen and oxygen atoms in total. The molecule has 0 bridgehead atoms. The lowest BCUT2D eigenvalue weighted by molar-refractivity contribution is -0.139. The second-order valence-electron chi connectivity index (χ2n) is 4.41. The maximum Gasteiger partial charge on any atom is 0.326 e. The Morgan fingerprint density at radius 2 is 2.05 bits per heavy atom. The van der Waals surface area contributed by atoms with Gasteiger partial charge in [-0.15, -0.1) is 0 Å². The van der Waals surface area contributed by atoms with Gasteiger partial charge in [-0.05, 0) is 40.5 Å². The summed E-state index contributed by atoms with van der Waals surface area (Å²) in [5, 5.41) is 11.2. The molecule has 2 N–H and O–H groups in total. The van der Waals surface area contributed by atoms with Gasteiger partial charge >= 0.3 is 5.97 Å². The summed E-state index contributed by atoms with van der Waals surface area (Å²) in [5.74, 6) is -2.99. The number of rotatable bonds is 6. The minimum atomic E-state index is -3.34. The van der Waals surface area contributed by atoms with E-state index in [2.05, 4.69) is 21.2 Å². The monoisotopic (exact) mass is 381 g/mol. The highest BCUT2D eigenvalue weighted by atomic mass is 79.9. The van der Waals surface area contributed by atoms with Gasteiger partial charge in [0.2, 0.25) is 0 Å². The maximum atomic E-state index is 13.1. The van der Waals surface area contributed by atoms with Gasteiger partial charge in [-0.25, -0.2) is 17.6 Å². The molecule has 0 aliphatic rings. The van der Waals surface area contributed by atoms with E-state index in [0.29, 0.717) is 0 Å². The predicted molar refractivity (Wildman–Crippen MR) is 77.3 cm³/mol. The Labute approximate surface area is 129 Å². The number of carboxylic acids is 1. The van der Waals surface area contributed by atoms with Crippen LogP contribution in [0.3, 0.4) is 0 Å². The van der Waals surface area contributed by atoms with Crippen molar-refractivity contribution < 1.29 is 27.5 Å². The molecule has 0 aliphatic heterocycles. The Morgan fingerprint density at radius 3 is 2.52 bits per heavy atom. The Balaban J connectivity index is 2.81. The van der Waals surface area contributed by atoms with Crippen molar-refractivity contribution in [2.24, 2.45) is 0 Å². The lowest BCUT2D eigenvalue weighted by atomic mass is 10.1. The molecule has 0 fully saturated rings. The van der Waals surface area contributed by atoms with Gasteiger partial charge in [0.15, 0.2) is 0 Å². The summed E-state index contributed by atoms with van der Waals surface area (Å²) in [4.78, 5) is 22.9. The second kappa shape index (κ2) is 6.99. The summed E-state index contributed by atoms with van der Waals surface area (Å²) in [5.41, 5.74) is 0.0638. The number of hydrogen-bond donors (Lipinski definition) is 2. The van der Waals surface area contributed by atoms with Gasteiger partial charge in [-0.1, -0.05) is 0 Å². The van der Waals surface area contributed by atoms with Crippen molar-refractivity contribution in [1.82, 2.24) is 5.32 Å². The quantitative estimate of drug-likeness (QED) is 0.770. The van der Waals surface area contributed by atoms with E-state index in [4.69, 9.17) is 5.11 Å². The molecule has 0 heterocycles. The number of nitrogens with one attached hydrogen (secondary N) is 1. The average molecular weight is 382 g/mol. The molecule has 0 saturated carbocycles. The van der Waals surface area contributed by atoms with Crippen molar-refractivity contribution in [1.29, 1.82) is 0 Å². The van der Waals surface area contributed by atoms with Crippen LogP contribution in [0.15, 0.2) is 22.7 Å². The van der Waals surface area contributed by atoms with Crippen LogP contribution >= 0.6 is 15.9 Å². The molecule has 116 valence electrons. The first-order valence-electron chi connectivity index (χ1n) is 5.76. The number of sulfone groups is 1. The molecular formula is C12H13BrFNO5S. The van der Waals surface area contributed by atoms with E-state index in [1.54, 1.807) is 0 Å². The van der Waals surface area contributed by atoms with E-state index in [1.807, 2.05) is 0 Å². The maximum absolute atomic E-state index is 13.1. The molecule has 1 aromatic rings. The highest BCUT2D eigenvalue weighted by Gasteiger charge is 2.22. The SMILES string of the molecule is CS(=O)(=O)CCC(NC(=O)c1ccc(F)c(Br)c1)C(=O)O. The van der Waals surface area contributed by atoms with Crippen LogP contribution in [-0.4, -0.2) is 43.5 Å². The number of benzene rings is 1. The number of halogens is 2. The highest BCUT2D eigenvalue weighted by molar-refractivity contribution is 9.10. The molecule has 0 aliphatic carbocycles. The first-order valence-corrected chi connectivity index (χ1v) is 8.62. The third kappa shape index (κ3) is 5.80. The fourth-order valence-electron chi connectivity index (χ4n) is 1.47. The molecule has 1 amide bonds. The molecule has 1 aromatic carbocycles. The lowest BCUT2D eigenvalue weighted by Gasteiger charge is -2.14. The molecule has 9 heteroatoms. The van der Waals surface area contributed by atoms with Crippen molar-refractivity contribution in [3.63, 3.8) is 0 Å². The number of carbonyl (C=O) groups is 2. The van der Waals surface area contributed by atoms with Crippen LogP contribution in [0.25, 0.3) is 0 Å². The van der Waals surface area contributed by atoms with Gasteiger partial charge in [-0.2, -0.15) is 0 Å². The van der Waals surface area contributed by atoms with E-state index in [9.17, 15) is 22.4 Å². The molecule has 1 unspecified atom stereocenters. The van der Waals surface area contributed by atoms with Crippen LogP contribution < -0.4 is 5.32 Å². The first kappa shape index (κ1) is 17.6. The highest BCUT2D eigenvalue weighted by Crippen LogP contribution is 2.17. The second-order valence-corrected chi connectivity index (χ2v) is 7.53. The number of amides is 1. The summed E-state index contributed by atoms with van der Waals surface area (Å²) >= 11 is 2.92. The van der Waals surface area contributed by atoms with Gasteiger partial charge in [0.25, 0.3) is 5.91 Å². The zero-order valence-corrected chi connectivity index (χ0v) is 13.4. The topological polar surface area (TPSA) is 101 Å². The summed E-state index contributed by atoms with van der Waals surface area (Å²) in [6.07, 6.45) is 0.729. The van der Waals surface area contributed by atoms with E-state index >= 15 is 0 Å². The number of hydrogen-bond acceptors (Lipinski definition) is 4. The van der Waals surface area contributed by atoms with Gasteiger partial charge in [0, 0.05) is 11.8 Å². The summed E-state index contributed by atoms with van der Waals surface area (Å²) < 4.78 is 35.2. The number of carbonyl (C=O) groups excluding carboxylic acids is 1. The Morgan fingerprint density at radius 1 is 1.43 bits per heavy atom. The molecule has 0 saturated heterocycles. The predicted octanol–water partition coefficient (Wildman–Crippen LogP) is 1.21. The van der Waals surface area contributed by atoms with Crippen molar-refractivity contribution in [3.05, 3.63) is 34.1 Å². The molecule has 21 heavy (non-hydrogen) atoms. The minimum Gasteiger partial charge on any atom is -0.480 e. The molecule has 0 radical (unpaired) electrons. The van der Waals surface area contributed by atoms with Crippen molar-refractivity contribution in [3.8, 4) is 0 Å². The molecule has 0 spiro atoms. The Kier molecular flexibility index (Phi) is 5.85. The van der Waals surface area contributed by atoms with Crippen molar-refractivity contribution in [2.45, 2.75) is 12.5 Å². The van der Waals surface area contributed by atoms with Crippen LogP contribution in [0.2, 0.25) is 0 Å². The van der Waals surface area contributed by atoms with Crippen LogP contribution in [0.4, 0.5) is 4.39 Å². The van der Waals surface area contributed by atoms with Crippen molar-refractivity contribution in [2.75, 3.05) is 12.0 Å². The third-order valence-corrected chi connectivity index (χ3v) is 4.15. The smallest absolute Gasteiger partial charge is 0.326 e. The van der Waals surface area contributed by atoms with E-state index in [0.717, 1.165) is 12.3 Å². The number of carboxylic acid groups (broad SMARTS) is 1. The fraction of sp³-hybridized carbons (Fsp3) is 0.333. The van der Waals surface area contributed by atoms with Crippen LogP contribution in [0.1, 0.15) is 16.8 Å². The zero-order valence-electron chi connectivity index (χ0n) is 11.0. The molecule has 1 rings (SSSR count). The standard InChI is InChI=1S/C12H13BrFNO5S/c1-21(19,20)5-4-10(12(17)18)15-11(16)7-2-3-9(14)8(13)6-7/h2-3,6,10H,4-5H2,1H3,(H,15,16)(H,17,18). The van der Waals surface area contributed by atoms with Gasteiger partial charge in [0.05, 0.1) is 10.2 Å². The summed E-state index contributed by atoms with van der Waals surface area (Å²) in [6.45, 7) is 0. The minimum absolute atomic E-state index is 0.0638. The van der Waals surface area contributed by atoms with Gasteiger partial charge in [-0.3, -0.25) is 4.79 Å². The van der Waals surface area contributed by atoms with Gasteiger partial charge < -0.3 is 10.4 Å². The Bertz CT molecular complexity index is 662. The third-order valence-electron chi connectivity index (χ3n) is 2.56. The summed E-state index contributed by atoms with van der Waals surface area (Å²) in [7, 11) is -3.34. The summed E-state index contributed by atoms with van der Waals surface area (Å²) in [6, 6.07) is 2.13. The first-order chi connectivity index (χ1) is 9.60. The van der Waals surface area contributed by atoms with Crippen molar-refractivity contribution >= 4 is 37.6 Å². The van der Waals surface area contributed by atoms with E-state index < -0.39 is 33.6 Å². The molecular weight excluding hydrogens is 369 g/mol. The molecule has 1 atom stereocenters. The van der Waals surface area contributed by atoms with Crippen LogP contribution in [-0.2, 0) is 14.6 Å². The normalized spacial score (nSPS) is 12.7.